The maximum Gasteiger partial charge on any atom is 0.198 e. The van der Waals surface area contributed by atoms with Crippen LogP contribution in [0.15, 0.2) is 59.7 Å². The minimum atomic E-state index is 0.0121. The Morgan fingerprint density at radius 2 is 1.82 bits per heavy atom. The topological polar surface area (TPSA) is 45.8 Å². The first-order chi connectivity index (χ1) is 8.36. The molecule has 82 valence electrons. The predicted molar refractivity (Wildman–Crippen MR) is 67.8 cm³/mol. The van der Waals surface area contributed by atoms with E-state index in [1.807, 2.05) is 42.5 Å². The third kappa shape index (κ3) is 1.61. The van der Waals surface area contributed by atoms with Crippen molar-refractivity contribution < 1.29 is 0 Å². The van der Waals surface area contributed by atoms with Gasteiger partial charge in [-0.15, -0.1) is 0 Å². The SMILES string of the molecule is O=c1c(-c2ccccn2)c[nH]c2ccccc12. The quantitative estimate of drug-likeness (QED) is 0.687. The van der Waals surface area contributed by atoms with Crippen molar-refractivity contribution in [2.24, 2.45) is 0 Å². The fourth-order valence-electron chi connectivity index (χ4n) is 1.88. The van der Waals surface area contributed by atoms with Gasteiger partial charge >= 0.3 is 0 Å². The molecule has 0 radical (unpaired) electrons. The zero-order valence-corrected chi connectivity index (χ0v) is 9.05. The van der Waals surface area contributed by atoms with Crippen LogP contribution in [0.25, 0.3) is 22.2 Å². The van der Waals surface area contributed by atoms with Crippen molar-refractivity contribution >= 4 is 10.9 Å². The molecule has 3 nitrogen and oxygen atoms in total. The third-order valence-electron chi connectivity index (χ3n) is 2.73. The number of rotatable bonds is 1. The molecule has 17 heavy (non-hydrogen) atoms. The summed E-state index contributed by atoms with van der Waals surface area (Å²) in [6, 6.07) is 13.0. The number of benzene rings is 1. The molecular weight excluding hydrogens is 212 g/mol. The summed E-state index contributed by atoms with van der Waals surface area (Å²) in [6.07, 6.45) is 3.40. The van der Waals surface area contributed by atoms with Gasteiger partial charge in [-0.25, -0.2) is 0 Å². The van der Waals surface area contributed by atoms with Crippen LogP contribution in [0.2, 0.25) is 0 Å². The normalized spacial score (nSPS) is 10.6. The van der Waals surface area contributed by atoms with E-state index in [2.05, 4.69) is 9.97 Å². The zero-order valence-electron chi connectivity index (χ0n) is 9.05. The number of aromatic amines is 1. The lowest BCUT2D eigenvalue weighted by Crippen LogP contribution is -2.06. The van der Waals surface area contributed by atoms with Crippen LogP contribution in [-0.4, -0.2) is 9.97 Å². The number of hydrogen-bond donors (Lipinski definition) is 1. The van der Waals surface area contributed by atoms with E-state index >= 15 is 0 Å². The van der Waals surface area contributed by atoms with Gasteiger partial charge < -0.3 is 4.98 Å². The molecule has 0 aliphatic heterocycles. The Kier molecular flexibility index (Phi) is 2.22. The molecule has 0 fully saturated rings. The molecule has 0 bridgehead atoms. The van der Waals surface area contributed by atoms with E-state index < -0.39 is 0 Å². The highest BCUT2D eigenvalue weighted by atomic mass is 16.1. The van der Waals surface area contributed by atoms with Gasteiger partial charge in [0.25, 0.3) is 0 Å². The van der Waals surface area contributed by atoms with Gasteiger partial charge in [0.1, 0.15) is 0 Å². The van der Waals surface area contributed by atoms with E-state index in [0.717, 1.165) is 5.52 Å². The second kappa shape index (κ2) is 3.87. The summed E-state index contributed by atoms with van der Waals surface area (Å²) in [5.74, 6) is 0. The van der Waals surface area contributed by atoms with Crippen LogP contribution in [0.3, 0.4) is 0 Å². The van der Waals surface area contributed by atoms with Gasteiger partial charge in [0.15, 0.2) is 5.43 Å². The largest absolute Gasteiger partial charge is 0.360 e. The van der Waals surface area contributed by atoms with Crippen LogP contribution >= 0.6 is 0 Å². The molecule has 3 heteroatoms. The van der Waals surface area contributed by atoms with Crippen molar-refractivity contribution in [3.8, 4) is 11.3 Å². The Balaban J connectivity index is 2.33. The predicted octanol–water partition coefficient (Wildman–Crippen LogP) is 2.59. The molecule has 0 aliphatic rings. The van der Waals surface area contributed by atoms with E-state index in [-0.39, 0.29) is 5.43 Å². The molecule has 0 aliphatic carbocycles. The van der Waals surface area contributed by atoms with E-state index in [9.17, 15) is 4.79 Å². The molecule has 3 rings (SSSR count). The maximum atomic E-state index is 12.3. The number of hydrogen-bond acceptors (Lipinski definition) is 2. The Hall–Kier alpha value is -2.42. The second-order valence-electron chi connectivity index (χ2n) is 3.79. The van der Waals surface area contributed by atoms with E-state index in [0.29, 0.717) is 16.6 Å². The fraction of sp³-hybridized carbons (Fsp3) is 0. The number of nitrogens with one attached hydrogen (secondary N) is 1. The van der Waals surface area contributed by atoms with Gasteiger partial charge in [-0.3, -0.25) is 9.78 Å². The molecule has 0 saturated carbocycles. The number of fused-ring (bicyclic) bond motifs is 1. The number of aromatic nitrogens is 2. The molecule has 0 saturated heterocycles. The van der Waals surface area contributed by atoms with Crippen LogP contribution in [0.1, 0.15) is 0 Å². The number of pyridine rings is 2. The first-order valence-corrected chi connectivity index (χ1v) is 5.38. The highest BCUT2D eigenvalue weighted by Gasteiger charge is 2.06. The lowest BCUT2D eigenvalue weighted by Gasteiger charge is -2.02. The summed E-state index contributed by atoms with van der Waals surface area (Å²) in [7, 11) is 0. The summed E-state index contributed by atoms with van der Waals surface area (Å²) in [5, 5.41) is 0.690. The highest BCUT2D eigenvalue weighted by Crippen LogP contribution is 2.14. The molecule has 0 atom stereocenters. The van der Waals surface area contributed by atoms with E-state index in [1.54, 1.807) is 12.4 Å². The molecule has 2 heterocycles. The van der Waals surface area contributed by atoms with Crippen LogP contribution in [-0.2, 0) is 0 Å². The second-order valence-corrected chi connectivity index (χ2v) is 3.79. The van der Waals surface area contributed by atoms with Crippen LogP contribution in [0, 0.1) is 0 Å². The minimum absolute atomic E-state index is 0.0121. The van der Waals surface area contributed by atoms with Gasteiger partial charge in [0.05, 0.1) is 11.3 Å². The van der Waals surface area contributed by atoms with E-state index in [1.165, 1.54) is 0 Å². The van der Waals surface area contributed by atoms with E-state index in [4.69, 9.17) is 0 Å². The lowest BCUT2D eigenvalue weighted by atomic mass is 10.1. The van der Waals surface area contributed by atoms with Crippen molar-refractivity contribution in [1.82, 2.24) is 9.97 Å². The maximum absolute atomic E-state index is 12.3. The third-order valence-corrected chi connectivity index (χ3v) is 2.73. The van der Waals surface area contributed by atoms with Gasteiger partial charge in [0, 0.05) is 23.3 Å². The lowest BCUT2D eigenvalue weighted by molar-refractivity contribution is 1.29. The van der Waals surface area contributed by atoms with Gasteiger partial charge in [-0.2, -0.15) is 0 Å². The van der Waals surface area contributed by atoms with Gasteiger partial charge in [0.2, 0.25) is 0 Å². The summed E-state index contributed by atoms with van der Waals surface area (Å²) >= 11 is 0. The fourth-order valence-corrected chi connectivity index (χ4v) is 1.88. The first-order valence-electron chi connectivity index (χ1n) is 5.38. The monoisotopic (exact) mass is 222 g/mol. The van der Waals surface area contributed by atoms with Crippen molar-refractivity contribution in [2.75, 3.05) is 0 Å². The molecule has 2 aromatic heterocycles. The van der Waals surface area contributed by atoms with Crippen molar-refractivity contribution in [3.63, 3.8) is 0 Å². The smallest absolute Gasteiger partial charge is 0.198 e. The molecule has 3 aromatic rings. The minimum Gasteiger partial charge on any atom is -0.360 e. The van der Waals surface area contributed by atoms with Crippen molar-refractivity contribution in [2.45, 2.75) is 0 Å². The number of H-pyrrole nitrogens is 1. The summed E-state index contributed by atoms with van der Waals surface area (Å²) in [5.41, 5.74) is 2.15. The van der Waals surface area contributed by atoms with Crippen molar-refractivity contribution in [3.05, 3.63) is 65.1 Å². The highest BCUT2D eigenvalue weighted by molar-refractivity contribution is 5.82. The first kappa shape index (κ1) is 9.78. The number of para-hydroxylation sites is 1. The van der Waals surface area contributed by atoms with Crippen LogP contribution in [0.5, 0.6) is 0 Å². The molecule has 1 N–H and O–H groups in total. The Bertz CT molecular complexity index is 717. The standard InChI is InChI=1S/C14H10N2O/c17-14-10-5-1-2-6-12(10)16-9-11(14)13-7-3-4-8-15-13/h1-9H,(H,16,17). The van der Waals surface area contributed by atoms with Crippen LogP contribution < -0.4 is 5.43 Å². The Morgan fingerprint density at radius 1 is 1.00 bits per heavy atom. The summed E-state index contributed by atoms with van der Waals surface area (Å²) in [4.78, 5) is 19.6. The zero-order chi connectivity index (χ0) is 11.7. The van der Waals surface area contributed by atoms with Gasteiger partial charge in [-0.1, -0.05) is 18.2 Å². The summed E-state index contributed by atoms with van der Waals surface area (Å²) < 4.78 is 0. The molecule has 0 amide bonds. The Morgan fingerprint density at radius 3 is 2.65 bits per heavy atom. The summed E-state index contributed by atoms with van der Waals surface area (Å²) in [6.45, 7) is 0. The number of nitrogens with zero attached hydrogens (tertiary/aromatic N) is 1. The van der Waals surface area contributed by atoms with Gasteiger partial charge in [-0.05, 0) is 24.3 Å². The Labute approximate surface area is 97.8 Å². The molecule has 0 spiro atoms. The average Bonchev–Trinajstić information content (AvgIpc) is 2.40. The molecule has 1 aromatic carbocycles. The van der Waals surface area contributed by atoms with Crippen LogP contribution in [0.4, 0.5) is 0 Å². The molecular formula is C14H10N2O. The average molecular weight is 222 g/mol. The molecule has 0 unspecified atom stereocenters. The van der Waals surface area contributed by atoms with Crippen molar-refractivity contribution in [1.29, 1.82) is 0 Å².